The molecule has 4 rings (SSSR count). The van der Waals surface area contributed by atoms with Crippen LogP contribution in [-0.2, 0) is 9.59 Å². The van der Waals surface area contributed by atoms with Gasteiger partial charge in [0.05, 0.1) is 11.4 Å². The molecule has 1 heterocycles. The van der Waals surface area contributed by atoms with Crippen LogP contribution in [0.4, 0.5) is 22.7 Å². The number of aliphatic hydroxyl groups is 1. The van der Waals surface area contributed by atoms with Gasteiger partial charge in [-0.2, -0.15) is 0 Å². The highest BCUT2D eigenvalue weighted by Crippen LogP contribution is 2.21. The number of anilines is 3. The quantitative estimate of drug-likeness (QED) is 0.448. The average molecular weight is 415 g/mol. The summed E-state index contributed by atoms with van der Waals surface area (Å²) in [6, 6.07) is 13.9. The van der Waals surface area contributed by atoms with Crippen LogP contribution in [0, 0.1) is 0 Å². The zero-order valence-corrected chi connectivity index (χ0v) is 16.5. The number of nitrogens with two attached hydrogens (primary N) is 2. The van der Waals surface area contributed by atoms with E-state index >= 15 is 0 Å². The summed E-state index contributed by atoms with van der Waals surface area (Å²) in [6.07, 6.45) is 7.43. The Morgan fingerprint density at radius 3 is 2.13 bits per heavy atom. The second kappa shape index (κ2) is 9.84. The summed E-state index contributed by atoms with van der Waals surface area (Å²) in [6.45, 7) is 0.330. The van der Waals surface area contributed by atoms with E-state index in [1.165, 1.54) is 12.2 Å². The van der Waals surface area contributed by atoms with E-state index in [1.54, 1.807) is 60.8 Å². The Morgan fingerprint density at radius 1 is 0.935 bits per heavy atom. The third-order valence-electron chi connectivity index (χ3n) is 4.13. The molecular formula is C23H21N5O3. The molecule has 2 aliphatic rings. The van der Waals surface area contributed by atoms with E-state index in [4.69, 9.17) is 11.5 Å². The zero-order valence-electron chi connectivity index (χ0n) is 16.5. The standard InChI is InChI=1S/C18H16N4O2.C5H5NO/c19-11-1-5-13(6-2-11)21-15-9-16(18(24)10-17(15)23)22-14-7-3-12(20)4-8-14;7-5-2-1-3-6-4-5/h1-10,21,23H,19-20H2;1-3H,4H2. The second-order valence-corrected chi connectivity index (χ2v) is 6.60. The minimum atomic E-state index is -0.368. The molecule has 0 unspecified atom stereocenters. The van der Waals surface area contributed by atoms with E-state index in [1.807, 2.05) is 0 Å². The number of benzene rings is 2. The van der Waals surface area contributed by atoms with E-state index in [-0.39, 0.29) is 23.0 Å². The number of carbonyl (C=O) groups is 2. The van der Waals surface area contributed by atoms with Gasteiger partial charge in [-0.3, -0.25) is 14.6 Å². The van der Waals surface area contributed by atoms with Gasteiger partial charge in [-0.15, -0.1) is 0 Å². The fraction of sp³-hybridized carbons (Fsp3) is 0.0435. The largest absolute Gasteiger partial charge is 0.506 e. The molecule has 1 aliphatic heterocycles. The van der Waals surface area contributed by atoms with Crippen molar-refractivity contribution >= 4 is 46.2 Å². The monoisotopic (exact) mass is 415 g/mol. The first kappa shape index (κ1) is 21.3. The molecule has 0 aromatic heterocycles. The van der Waals surface area contributed by atoms with Crippen molar-refractivity contribution in [3.63, 3.8) is 0 Å². The molecule has 0 saturated heterocycles. The number of hydrogen-bond donors (Lipinski definition) is 4. The lowest BCUT2D eigenvalue weighted by Gasteiger charge is -2.14. The molecule has 2 aromatic rings. The van der Waals surface area contributed by atoms with Crippen molar-refractivity contribution in [3.05, 3.63) is 84.3 Å². The topological polar surface area (TPSA) is 143 Å². The highest BCUT2D eigenvalue weighted by Gasteiger charge is 2.18. The Morgan fingerprint density at radius 2 is 1.58 bits per heavy atom. The SMILES string of the molecule is Nc1ccc(N=C2C=C(Nc3ccc(N)cc3)C(O)=CC2=O)cc1.O=C1C=CC=NC1. The molecule has 31 heavy (non-hydrogen) atoms. The minimum absolute atomic E-state index is 0.0856. The highest BCUT2D eigenvalue weighted by molar-refractivity contribution is 6.49. The number of nitrogens with one attached hydrogen (secondary N) is 1. The molecular weight excluding hydrogens is 394 g/mol. The fourth-order valence-electron chi connectivity index (χ4n) is 2.56. The first-order valence-electron chi connectivity index (χ1n) is 9.34. The summed E-state index contributed by atoms with van der Waals surface area (Å²) in [4.78, 5) is 30.3. The van der Waals surface area contributed by atoms with Crippen LogP contribution in [0.5, 0.6) is 0 Å². The third-order valence-corrected chi connectivity index (χ3v) is 4.13. The fourth-order valence-corrected chi connectivity index (χ4v) is 2.56. The summed E-state index contributed by atoms with van der Waals surface area (Å²) in [5.41, 5.74) is 14.5. The molecule has 0 fully saturated rings. The van der Waals surface area contributed by atoms with Crippen LogP contribution in [0.3, 0.4) is 0 Å². The number of nitrogens with zero attached hydrogens (tertiary/aromatic N) is 2. The third kappa shape index (κ3) is 6.26. The van der Waals surface area contributed by atoms with Gasteiger partial charge in [0.15, 0.2) is 5.78 Å². The minimum Gasteiger partial charge on any atom is -0.506 e. The molecule has 0 radical (unpaired) electrons. The number of aliphatic hydroxyl groups excluding tert-OH is 1. The zero-order chi connectivity index (χ0) is 22.2. The van der Waals surface area contributed by atoms with Gasteiger partial charge in [-0.25, -0.2) is 4.99 Å². The lowest BCUT2D eigenvalue weighted by Crippen LogP contribution is -2.18. The normalized spacial score (nSPS) is 16.3. The van der Waals surface area contributed by atoms with Crippen molar-refractivity contribution in [2.75, 3.05) is 23.3 Å². The maximum Gasteiger partial charge on any atom is 0.208 e. The van der Waals surface area contributed by atoms with Crippen LogP contribution >= 0.6 is 0 Å². The molecule has 2 aromatic carbocycles. The van der Waals surface area contributed by atoms with E-state index in [0.29, 0.717) is 29.3 Å². The number of ketones is 2. The molecule has 0 amide bonds. The van der Waals surface area contributed by atoms with Crippen molar-refractivity contribution in [2.45, 2.75) is 0 Å². The smallest absolute Gasteiger partial charge is 0.208 e. The Labute approximate surface area is 179 Å². The van der Waals surface area contributed by atoms with Crippen molar-refractivity contribution < 1.29 is 14.7 Å². The van der Waals surface area contributed by atoms with Crippen molar-refractivity contribution in [2.24, 2.45) is 9.98 Å². The molecule has 156 valence electrons. The molecule has 1 aliphatic carbocycles. The van der Waals surface area contributed by atoms with E-state index in [0.717, 1.165) is 11.8 Å². The summed E-state index contributed by atoms with van der Waals surface area (Å²) < 4.78 is 0. The number of nitrogen functional groups attached to an aromatic ring is 2. The number of carbonyl (C=O) groups excluding carboxylic acids is 2. The number of rotatable bonds is 3. The van der Waals surface area contributed by atoms with E-state index in [2.05, 4.69) is 15.3 Å². The number of allylic oxidation sites excluding steroid dienone is 3. The molecule has 0 spiro atoms. The number of hydrogen-bond acceptors (Lipinski definition) is 8. The van der Waals surface area contributed by atoms with Crippen LogP contribution in [0.2, 0.25) is 0 Å². The van der Waals surface area contributed by atoms with Crippen LogP contribution in [0.15, 0.2) is 94.3 Å². The van der Waals surface area contributed by atoms with Gasteiger partial charge in [-0.05, 0) is 66.8 Å². The van der Waals surface area contributed by atoms with Gasteiger partial charge in [0, 0.05) is 29.4 Å². The predicted octanol–water partition coefficient (Wildman–Crippen LogP) is 3.14. The maximum atomic E-state index is 12.0. The molecule has 6 N–H and O–H groups in total. The van der Waals surface area contributed by atoms with Crippen molar-refractivity contribution in [1.82, 2.24) is 0 Å². The number of dihydropyridines is 1. The maximum absolute atomic E-state index is 12.0. The van der Waals surface area contributed by atoms with Crippen LogP contribution in [0.1, 0.15) is 0 Å². The van der Waals surface area contributed by atoms with Gasteiger partial charge in [-0.1, -0.05) is 0 Å². The lowest BCUT2D eigenvalue weighted by molar-refractivity contribution is -0.113. The lowest BCUT2D eigenvalue weighted by atomic mass is 10.1. The Bertz CT molecular complexity index is 1120. The summed E-state index contributed by atoms with van der Waals surface area (Å²) in [7, 11) is 0. The first-order valence-corrected chi connectivity index (χ1v) is 9.34. The molecule has 0 saturated carbocycles. The van der Waals surface area contributed by atoms with Crippen LogP contribution < -0.4 is 16.8 Å². The van der Waals surface area contributed by atoms with Crippen LogP contribution in [-0.4, -0.2) is 35.1 Å². The van der Waals surface area contributed by atoms with Gasteiger partial charge in [0.2, 0.25) is 5.78 Å². The van der Waals surface area contributed by atoms with Gasteiger partial charge in [0.1, 0.15) is 18.0 Å². The Kier molecular flexibility index (Phi) is 6.74. The van der Waals surface area contributed by atoms with Gasteiger partial charge >= 0.3 is 0 Å². The van der Waals surface area contributed by atoms with Gasteiger partial charge < -0.3 is 21.9 Å². The summed E-state index contributed by atoms with van der Waals surface area (Å²) >= 11 is 0. The van der Waals surface area contributed by atoms with E-state index < -0.39 is 0 Å². The Hall–Kier alpha value is -4.46. The molecule has 8 nitrogen and oxygen atoms in total. The molecule has 8 heteroatoms. The van der Waals surface area contributed by atoms with E-state index in [9.17, 15) is 14.7 Å². The molecule has 0 bridgehead atoms. The van der Waals surface area contributed by atoms with Crippen LogP contribution in [0.25, 0.3) is 0 Å². The highest BCUT2D eigenvalue weighted by atomic mass is 16.3. The second-order valence-electron chi connectivity index (χ2n) is 6.60. The predicted molar refractivity (Wildman–Crippen MR) is 124 cm³/mol. The first-order chi connectivity index (χ1) is 14.9. The average Bonchev–Trinajstić information content (AvgIpc) is 2.76. The molecule has 0 atom stereocenters. The van der Waals surface area contributed by atoms with Crippen molar-refractivity contribution in [1.29, 1.82) is 0 Å². The van der Waals surface area contributed by atoms with Crippen molar-refractivity contribution in [3.8, 4) is 0 Å². The van der Waals surface area contributed by atoms with Gasteiger partial charge in [0.25, 0.3) is 0 Å². The summed E-state index contributed by atoms with van der Waals surface area (Å²) in [5.74, 6) is -0.428. The summed E-state index contributed by atoms with van der Waals surface area (Å²) in [5, 5.41) is 13.0. The Balaban J connectivity index is 0.000000330. The number of aliphatic imine (C=N–C) groups is 2.